The molecule has 1 heterocycles. The standard InChI is InChI=1S/C25H29NO4/c1-15-12-22(16(2)26(15)21-10-5-4-6-11-21)23(27)17(3)30-25(29)20-13-18-8-7-9-19(14-20)24(18)28/h4-6,10-12,17-20H,7-9,13-14H2,1-3H3/t17-,18-,19+,20?/m0/s1. The van der Waals surface area contributed by atoms with E-state index >= 15 is 0 Å². The van der Waals surface area contributed by atoms with E-state index in [0.29, 0.717) is 24.2 Å². The highest BCUT2D eigenvalue weighted by atomic mass is 16.5. The first kappa shape index (κ1) is 20.6. The highest BCUT2D eigenvalue weighted by Gasteiger charge is 2.42. The van der Waals surface area contributed by atoms with Crippen LogP contribution in [-0.4, -0.2) is 28.2 Å². The number of fused-ring (bicyclic) bond motifs is 2. The number of rotatable bonds is 5. The zero-order valence-corrected chi connectivity index (χ0v) is 17.9. The molecule has 4 rings (SSSR count). The first-order valence-electron chi connectivity index (χ1n) is 10.9. The number of aromatic nitrogens is 1. The SMILES string of the molecule is Cc1cc(C(=O)[C@H](C)OC(=O)C2C[C@H]3CCC[C@@H](C2)C3=O)c(C)n1-c1ccccc1. The number of carbonyl (C=O) groups excluding carboxylic acids is 3. The Morgan fingerprint density at radius 1 is 1.07 bits per heavy atom. The van der Waals surface area contributed by atoms with Gasteiger partial charge in [-0.2, -0.15) is 0 Å². The van der Waals surface area contributed by atoms with Crippen molar-refractivity contribution >= 4 is 17.5 Å². The quantitative estimate of drug-likeness (QED) is 0.537. The van der Waals surface area contributed by atoms with Crippen LogP contribution in [0.3, 0.4) is 0 Å². The molecule has 4 atom stereocenters. The molecule has 0 amide bonds. The second-order valence-electron chi connectivity index (χ2n) is 8.79. The Kier molecular flexibility index (Phi) is 5.63. The van der Waals surface area contributed by atoms with Crippen molar-refractivity contribution in [3.63, 3.8) is 0 Å². The number of carbonyl (C=O) groups is 3. The molecular weight excluding hydrogens is 378 g/mol. The average molecular weight is 408 g/mol. The van der Waals surface area contributed by atoms with E-state index in [1.54, 1.807) is 6.92 Å². The molecule has 2 aliphatic rings. The Balaban J connectivity index is 1.47. The van der Waals surface area contributed by atoms with Crippen LogP contribution in [0.4, 0.5) is 0 Å². The summed E-state index contributed by atoms with van der Waals surface area (Å²) in [4.78, 5) is 38.1. The third-order valence-corrected chi connectivity index (χ3v) is 6.75. The third kappa shape index (κ3) is 3.73. The normalized spacial score (nSPS) is 24.4. The molecule has 2 bridgehead atoms. The van der Waals surface area contributed by atoms with Crippen LogP contribution in [-0.2, 0) is 14.3 Å². The number of hydrogen-bond acceptors (Lipinski definition) is 4. The van der Waals surface area contributed by atoms with Crippen molar-refractivity contribution in [3.8, 4) is 5.69 Å². The van der Waals surface area contributed by atoms with Gasteiger partial charge in [0.1, 0.15) is 5.78 Å². The fourth-order valence-corrected chi connectivity index (χ4v) is 5.20. The number of hydrogen-bond donors (Lipinski definition) is 0. The third-order valence-electron chi connectivity index (χ3n) is 6.75. The van der Waals surface area contributed by atoms with Crippen LogP contribution in [0.1, 0.15) is 60.8 Å². The molecule has 1 aromatic heterocycles. The second kappa shape index (κ2) is 8.21. The van der Waals surface area contributed by atoms with Gasteiger partial charge in [-0.05, 0) is 64.7 Å². The Morgan fingerprint density at radius 2 is 1.70 bits per heavy atom. The molecular formula is C25H29NO4. The van der Waals surface area contributed by atoms with E-state index in [9.17, 15) is 14.4 Å². The summed E-state index contributed by atoms with van der Waals surface area (Å²) in [5.74, 6) is -0.493. The van der Waals surface area contributed by atoms with E-state index in [2.05, 4.69) is 0 Å². The largest absolute Gasteiger partial charge is 0.454 e. The number of esters is 1. The van der Waals surface area contributed by atoms with Crippen LogP contribution < -0.4 is 0 Å². The number of nitrogens with zero attached hydrogens (tertiary/aromatic N) is 1. The maximum absolute atomic E-state index is 13.1. The number of aryl methyl sites for hydroxylation is 1. The van der Waals surface area contributed by atoms with Crippen molar-refractivity contribution in [1.29, 1.82) is 0 Å². The van der Waals surface area contributed by atoms with E-state index in [-0.39, 0.29) is 29.5 Å². The van der Waals surface area contributed by atoms with Crippen molar-refractivity contribution in [2.45, 2.75) is 59.0 Å². The van der Waals surface area contributed by atoms with Crippen molar-refractivity contribution in [2.24, 2.45) is 17.8 Å². The van der Waals surface area contributed by atoms with Gasteiger partial charge in [-0.1, -0.05) is 24.6 Å². The number of ketones is 2. The van der Waals surface area contributed by atoms with Gasteiger partial charge in [0, 0.05) is 34.5 Å². The van der Waals surface area contributed by atoms with Crippen LogP contribution in [0.15, 0.2) is 36.4 Å². The summed E-state index contributed by atoms with van der Waals surface area (Å²) in [7, 11) is 0. The predicted molar refractivity (Wildman–Crippen MR) is 114 cm³/mol. The summed E-state index contributed by atoms with van der Waals surface area (Å²) in [5.41, 5.74) is 3.37. The molecule has 5 heteroatoms. The van der Waals surface area contributed by atoms with E-state index in [1.165, 1.54) is 0 Å². The van der Waals surface area contributed by atoms with Gasteiger partial charge in [-0.25, -0.2) is 0 Å². The summed E-state index contributed by atoms with van der Waals surface area (Å²) in [6.45, 7) is 5.52. The van der Waals surface area contributed by atoms with Crippen LogP contribution in [0.2, 0.25) is 0 Å². The minimum absolute atomic E-state index is 0.00847. The summed E-state index contributed by atoms with van der Waals surface area (Å²) < 4.78 is 7.64. The summed E-state index contributed by atoms with van der Waals surface area (Å²) >= 11 is 0. The number of para-hydroxylation sites is 1. The first-order chi connectivity index (χ1) is 14.4. The number of Topliss-reactive ketones (excluding diaryl/α,β-unsaturated/α-hetero) is 2. The molecule has 30 heavy (non-hydrogen) atoms. The summed E-state index contributed by atoms with van der Waals surface area (Å²) in [5, 5.41) is 0. The fraction of sp³-hybridized carbons (Fsp3) is 0.480. The van der Waals surface area contributed by atoms with Gasteiger partial charge in [0.25, 0.3) is 0 Å². The molecule has 2 aliphatic carbocycles. The highest BCUT2D eigenvalue weighted by Crippen LogP contribution is 2.40. The van der Waals surface area contributed by atoms with Crippen LogP contribution >= 0.6 is 0 Å². The van der Waals surface area contributed by atoms with E-state index in [1.807, 2.05) is 54.8 Å². The molecule has 0 radical (unpaired) electrons. The topological polar surface area (TPSA) is 65.4 Å². The molecule has 1 aromatic carbocycles. The maximum Gasteiger partial charge on any atom is 0.309 e. The van der Waals surface area contributed by atoms with Gasteiger partial charge in [0.15, 0.2) is 6.10 Å². The fourth-order valence-electron chi connectivity index (χ4n) is 5.20. The first-order valence-corrected chi connectivity index (χ1v) is 10.9. The van der Waals surface area contributed by atoms with Gasteiger partial charge < -0.3 is 9.30 Å². The number of ether oxygens (including phenoxy) is 1. The lowest BCUT2D eigenvalue weighted by Gasteiger charge is -2.36. The monoisotopic (exact) mass is 407 g/mol. The Hall–Kier alpha value is -2.69. The molecule has 2 fully saturated rings. The van der Waals surface area contributed by atoms with Crippen molar-refractivity contribution in [1.82, 2.24) is 4.57 Å². The lowest BCUT2D eigenvalue weighted by Crippen LogP contribution is -2.40. The van der Waals surface area contributed by atoms with Gasteiger partial charge in [-0.3, -0.25) is 14.4 Å². The minimum atomic E-state index is -0.848. The maximum atomic E-state index is 13.1. The molecule has 0 spiro atoms. The van der Waals surface area contributed by atoms with E-state index in [0.717, 1.165) is 36.3 Å². The van der Waals surface area contributed by atoms with Crippen LogP contribution in [0.25, 0.3) is 5.69 Å². The van der Waals surface area contributed by atoms with Crippen molar-refractivity contribution in [3.05, 3.63) is 53.3 Å². The minimum Gasteiger partial charge on any atom is -0.454 e. The van der Waals surface area contributed by atoms with Crippen LogP contribution in [0.5, 0.6) is 0 Å². The summed E-state index contributed by atoms with van der Waals surface area (Å²) in [6.07, 6.45) is 3.10. The Labute approximate surface area is 177 Å². The molecule has 2 aromatic rings. The highest BCUT2D eigenvalue weighted by molar-refractivity contribution is 6.01. The molecule has 1 unspecified atom stereocenters. The van der Waals surface area contributed by atoms with Gasteiger partial charge in [0.2, 0.25) is 5.78 Å². The molecule has 5 nitrogen and oxygen atoms in total. The molecule has 158 valence electrons. The molecule has 0 aliphatic heterocycles. The average Bonchev–Trinajstić information content (AvgIpc) is 3.01. The van der Waals surface area contributed by atoms with Crippen molar-refractivity contribution in [2.75, 3.05) is 0 Å². The molecule has 2 saturated carbocycles. The molecule has 0 N–H and O–H groups in total. The van der Waals surface area contributed by atoms with Crippen molar-refractivity contribution < 1.29 is 19.1 Å². The smallest absolute Gasteiger partial charge is 0.309 e. The number of benzene rings is 1. The van der Waals surface area contributed by atoms with E-state index in [4.69, 9.17) is 4.74 Å². The lowest BCUT2D eigenvalue weighted by molar-refractivity contribution is -0.155. The van der Waals surface area contributed by atoms with Gasteiger partial charge in [-0.15, -0.1) is 0 Å². The zero-order chi connectivity index (χ0) is 21.4. The lowest BCUT2D eigenvalue weighted by atomic mass is 9.67. The Morgan fingerprint density at radius 3 is 2.33 bits per heavy atom. The Bertz CT molecular complexity index is 959. The van der Waals surface area contributed by atoms with E-state index < -0.39 is 6.10 Å². The second-order valence-corrected chi connectivity index (χ2v) is 8.79. The van der Waals surface area contributed by atoms with Gasteiger partial charge >= 0.3 is 5.97 Å². The van der Waals surface area contributed by atoms with Gasteiger partial charge in [0.05, 0.1) is 5.92 Å². The molecule has 0 saturated heterocycles. The predicted octanol–water partition coefficient (Wildman–Crippen LogP) is 4.60. The summed E-state index contributed by atoms with van der Waals surface area (Å²) in [6, 6.07) is 11.7. The van der Waals surface area contributed by atoms with Crippen LogP contribution in [0, 0.1) is 31.6 Å². The zero-order valence-electron chi connectivity index (χ0n) is 17.9.